The minimum absolute atomic E-state index is 0.0601. The van der Waals surface area contributed by atoms with Gasteiger partial charge in [0.1, 0.15) is 5.75 Å². The van der Waals surface area contributed by atoms with Crippen molar-refractivity contribution >= 4 is 0 Å². The van der Waals surface area contributed by atoms with Gasteiger partial charge in [0.05, 0.1) is 13.7 Å². The molecule has 134 valence electrons. The van der Waals surface area contributed by atoms with Crippen LogP contribution in [0.15, 0.2) is 48.5 Å². The zero-order valence-corrected chi connectivity index (χ0v) is 14.8. The number of nitrogens with one attached hydrogen (secondary N) is 1. The lowest BCUT2D eigenvalue weighted by molar-refractivity contribution is -0.0154. The van der Waals surface area contributed by atoms with E-state index in [-0.39, 0.29) is 12.0 Å². The highest BCUT2D eigenvalue weighted by Gasteiger charge is 2.31. The van der Waals surface area contributed by atoms with Crippen LogP contribution in [-0.4, -0.2) is 38.6 Å². The summed E-state index contributed by atoms with van der Waals surface area (Å²) in [5, 5.41) is 13.3. The third-order valence-corrected chi connectivity index (χ3v) is 5.10. The first kappa shape index (κ1) is 17.9. The van der Waals surface area contributed by atoms with Crippen LogP contribution in [0.5, 0.6) is 5.75 Å². The summed E-state index contributed by atoms with van der Waals surface area (Å²) in [5.41, 5.74) is 3.40. The number of aliphatic hydroxyl groups excluding tert-OH is 1. The summed E-state index contributed by atoms with van der Waals surface area (Å²) in [6.45, 7) is 3.18. The van der Waals surface area contributed by atoms with Crippen LogP contribution < -0.4 is 10.1 Å². The molecule has 0 amide bonds. The standard InChI is InChI=1S/C21H27NO3/c1-24-20-13-18(17-5-3-2-4-6-17)7-8-19(20)14-22-15-21(16-23)9-11-25-12-10-21/h2-8,13,22-23H,9-12,14-16H2,1H3. The fourth-order valence-electron chi connectivity index (χ4n) is 3.36. The van der Waals surface area contributed by atoms with Crippen LogP contribution in [0.3, 0.4) is 0 Å². The zero-order chi connectivity index (χ0) is 17.5. The summed E-state index contributed by atoms with van der Waals surface area (Å²) in [5.74, 6) is 0.888. The minimum Gasteiger partial charge on any atom is -0.496 e. The summed E-state index contributed by atoms with van der Waals surface area (Å²) in [6.07, 6.45) is 1.81. The van der Waals surface area contributed by atoms with Gasteiger partial charge >= 0.3 is 0 Å². The smallest absolute Gasteiger partial charge is 0.123 e. The van der Waals surface area contributed by atoms with E-state index in [0.717, 1.165) is 56.0 Å². The van der Waals surface area contributed by atoms with Crippen molar-refractivity contribution in [2.45, 2.75) is 19.4 Å². The Kier molecular flexibility index (Phi) is 6.08. The number of hydrogen-bond donors (Lipinski definition) is 2. The first-order valence-corrected chi connectivity index (χ1v) is 8.88. The molecule has 1 fully saturated rings. The second-order valence-electron chi connectivity index (χ2n) is 6.77. The largest absolute Gasteiger partial charge is 0.496 e. The topological polar surface area (TPSA) is 50.7 Å². The van der Waals surface area contributed by atoms with Crippen LogP contribution in [-0.2, 0) is 11.3 Å². The Morgan fingerprint density at radius 2 is 1.84 bits per heavy atom. The van der Waals surface area contributed by atoms with Crippen LogP contribution in [0.1, 0.15) is 18.4 Å². The lowest BCUT2D eigenvalue weighted by atomic mass is 9.81. The lowest BCUT2D eigenvalue weighted by Gasteiger charge is -2.35. The molecule has 4 nitrogen and oxygen atoms in total. The first-order chi connectivity index (χ1) is 12.3. The van der Waals surface area contributed by atoms with Crippen LogP contribution in [0, 0.1) is 5.41 Å². The van der Waals surface area contributed by atoms with E-state index in [0.29, 0.717) is 0 Å². The molecule has 1 heterocycles. The van der Waals surface area contributed by atoms with Crippen LogP contribution >= 0.6 is 0 Å². The normalized spacial score (nSPS) is 16.6. The number of methoxy groups -OCH3 is 1. The Hall–Kier alpha value is -1.88. The van der Waals surface area contributed by atoms with Gasteiger partial charge < -0.3 is 19.9 Å². The molecule has 2 N–H and O–H groups in total. The third kappa shape index (κ3) is 4.40. The number of ether oxygens (including phenoxy) is 2. The molecule has 1 aliphatic rings. The van der Waals surface area contributed by atoms with Gasteiger partial charge in [-0.1, -0.05) is 42.5 Å². The Labute approximate surface area is 149 Å². The van der Waals surface area contributed by atoms with Crippen LogP contribution in [0.2, 0.25) is 0 Å². The van der Waals surface area contributed by atoms with Gasteiger partial charge in [0.2, 0.25) is 0 Å². The summed E-state index contributed by atoms with van der Waals surface area (Å²) in [4.78, 5) is 0. The highest BCUT2D eigenvalue weighted by Crippen LogP contribution is 2.30. The van der Waals surface area contributed by atoms with Crippen molar-refractivity contribution in [3.05, 3.63) is 54.1 Å². The number of benzene rings is 2. The summed E-state index contributed by atoms with van der Waals surface area (Å²) in [7, 11) is 1.71. The number of aliphatic hydroxyl groups is 1. The molecule has 0 spiro atoms. The van der Waals surface area contributed by atoms with Crippen molar-refractivity contribution in [1.82, 2.24) is 5.32 Å². The Bertz CT molecular complexity index is 666. The summed E-state index contributed by atoms with van der Waals surface area (Å²) >= 11 is 0. The van der Waals surface area contributed by atoms with E-state index in [1.165, 1.54) is 5.56 Å². The molecule has 25 heavy (non-hydrogen) atoms. The van der Waals surface area contributed by atoms with Gasteiger partial charge in [-0.25, -0.2) is 0 Å². The maximum Gasteiger partial charge on any atom is 0.123 e. The summed E-state index contributed by atoms with van der Waals surface area (Å²) < 4.78 is 11.0. The molecule has 0 saturated carbocycles. The van der Waals surface area contributed by atoms with Gasteiger partial charge in [-0.15, -0.1) is 0 Å². The monoisotopic (exact) mass is 341 g/mol. The van der Waals surface area contributed by atoms with E-state index in [1.807, 2.05) is 18.2 Å². The molecule has 0 bridgehead atoms. The molecule has 0 unspecified atom stereocenters. The molecule has 0 aromatic heterocycles. The molecule has 1 saturated heterocycles. The van der Waals surface area contributed by atoms with Crippen molar-refractivity contribution in [1.29, 1.82) is 0 Å². The first-order valence-electron chi connectivity index (χ1n) is 8.88. The average molecular weight is 341 g/mol. The van der Waals surface area contributed by atoms with E-state index in [4.69, 9.17) is 9.47 Å². The Balaban J connectivity index is 1.66. The average Bonchev–Trinajstić information content (AvgIpc) is 2.69. The highest BCUT2D eigenvalue weighted by atomic mass is 16.5. The molecule has 3 rings (SSSR count). The van der Waals surface area contributed by atoms with Crippen molar-refractivity contribution < 1.29 is 14.6 Å². The predicted octanol–water partition coefficient (Wildman–Crippen LogP) is 3.24. The van der Waals surface area contributed by atoms with Gasteiger partial charge in [-0.05, 0) is 30.0 Å². The van der Waals surface area contributed by atoms with Crippen molar-refractivity contribution in [3.8, 4) is 16.9 Å². The highest BCUT2D eigenvalue weighted by molar-refractivity contribution is 5.66. The van der Waals surface area contributed by atoms with Crippen LogP contribution in [0.25, 0.3) is 11.1 Å². The molecular weight excluding hydrogens is 314 g/mol. The lowest BCUT2D eigenvalue weighted by Crippen LogP contribution is -2.41. The molecule has 0 radical (unpaired) electrons. The maximum atomic E-state index is 9.78. The molecule has 0 aliphatic carbocycles. The molecule has 0 atom stereocenters. The fraction of sp³-hybridized carbons (Fsp3) is 0.429. The number of rotatable bonds is 7. The minimum atomic E-state index is -0.0601. The van der Waals surface area contributed by atoms with E-state index in [1.54, 1.807) is 7.11 Å². The van der Waals surface area contributed by atoms with Crippen LogP contribution in [0.4, 0.5) is 0 Å². The van der Waals surface area contributed by atoms with Crippen molar-refractivity contribution in [2.75, 3.05) is 33.5 Å². The second-order valence-corrected chi connectivity index (χ2v) is 6.77. The zero-order valence-electron chi connectivity index (χ0n) is 14.8. The molecular formula is C21H27NO3. The van der Waals surface area contributed by atoms with Gasteiger partial charge in [0, 0.05) is 37.3 Å². The Morgan fingerprint density at radius 1 is 1.08 bits per heavy atom. The van der Waals surface area contributed by atoms with Gasteiger partial charge in [-0.3, -0.25) is 0 Å². The molecule has 4 heteroatoms. The van der Waals surface area contributed by atoms with Gasteiger partial charge in [0.25, 0.3) is 0 Å². The number of hydrogen-bond acceptors (Lipinski definition) is 4. The Morgan fingerprint density at radius 3 is 2.52 bits per heavy atom. The maximum absolute atomic E-state index is 9.78. The van der Waals surface area contributed by atoms with Crippen molar-refractivity contribution in [2.24, 2.45) is 5.41 Å². The molecule has 2 aromatic rings. The quantitative estimate of drug-likeness (QED) is 0.812. The molecule has 2 aromatic carbocycles. The van der Waals surface area contributed by atoms with Gasteiger partial charge in [0.15, 0.2) is 0 Å². The predicted molar refractivity (Wildman–Crippen MR) is 99.7 cm³/mol. The van der Waals surface area contributed by atoms with E-state index >= 15 is 0 Å². The fourth-order valence-corrected chi connectivity index (χ4v) is 3.36. The second kappa shape index (κ2) is 8.48. The molecule has 1 aliphatic heterocycles. The third-order valence-electron chi connectivity index (χ3n) is 5.10. The van der Waals surface area contributed by atoms with E-state index < -0.39 is 0 Å². The van der Waals surface area contributed by atoms with E-state index in [2.05, 4.69) is 35.6 Å². The SMILES string of the molecule is COc1cc(-c2ccccc2)ccc1CNCC1(CO)CCOCC1. The van der Waals surface area contributed by atoms with Gasteiger partial charge in [-0.2, -0.15) is 0 Å². The van der Waals surface area contributed by atoms with Crippen molar-refractivity contribution in [3.63, 3.8) is 0 Å². The van der Waals surface area contributed by atoms with E-state index in [9.17, 15) is 5.11 Å². The summed E-state index contributed by atoms with van der Waals surface area (Å²) in [6, 6.07) is 16.6.